The number of rotatable bonds is 6. The Balaban J connectivity index is 0.00000264. The van der Waals surface area contributed by atoms with Gasteiger partial charge in [0.05, 0.1) is 20.0 Å². The van der Waals surface area contributed by atoms with Crippen LogP contribution in [0.1, 0.15) is 12.0 Å². The maximum atomic E-state index is 12.3. The summed E-state index contributed by atoms with van der Waals surface area (Å²) >= 11 is 0. The highest BCUT2D eigenvalue weighted by Gasteiger charge is 2.21. The molecule has 1 aromatic rings. The predicted octanol–water partition coefficient (Wildman–Crippen LogP) is 1.28. The quantitative estimate of drug-likeness (QED) is 0.843. The van der Waals surface area contributed by atoms with Crippen LogP contribution in [0.3, 0.4) is 0 Å². The van der Waals surface area contributed by atoms with E-state index in [1.54, 1.807) is 7.11 Å². The summed E-state index contributed by atoms with van der Waals surface area (Å²) in [5, 5.41) is 8.69. The Kier molecular flexibility index (Phi) is 7.85. The van der Waals surface area contributed by atoms with Crippen molar-refractivity contribution in [3.8, 4) is 5.75 Å². The second kappa shape index (κ2) is 9.37. The molecule has 0 bridgehead atoms. The van der Waals surface area contributed by atoms with Gasteiger partial charge >= 0.3 is 5.97 Å². The molecule has 0 radical (unpaired) electrons. The Hall–Kier alpha value is -1.79. The van der Waals surface area contributed by atoms with Gasteiger partial charge in [0.1, 0.15) is 5.75 Å². The van der Waals surface area contributed by atoms with E-state index in [2.05, 4.69) is 4.90 Å². The highest BCUT2D eigenvalue weighted by molar-refractivity contribution is 5.85. The normalized spacial score (nSPS) is 14.9. The maximum absolute atomic E-state index is 12.3. The Bertz CT molecular complexity index is 513. The third-order valence-corrected chi connectivity index (χ3v) is 3.88. The zero-order chi connectivity index (χ0) is 15.9. The Morgan fingerprint density at radius 3 is 2.26 bits per heavy atom. The summed E-state index contributed by atoms with van der Waals surface area (Å²) in [5.74, 6) is 0.115. The van der Waals surface area contributed by atoms with Crippen molar-refractivity contribution >= 4 is 24.3 Å². The number of nitrogens with zero attached hydrogens (tertiary/aromatic N) is 2. The molecule has 1 heterocycles. The van der Waals surface area contributed by atoms with E-state index in [-0.39, 0.29) is 24.7 Å². The number of piperazine rings is 1. The molecule has 0 unspecified atom stereocenters. The predicted molar refractivity (Wildman–Crippen MR) is 89.2 cm³/mol. The minimum Gasteiger partial charge on any atom is -0.497 e. The van der Waals surface area contributed by atoms with Crippen LogP contribution >= 0.6 is 12.4 Å². The Labute approximate surface area is 142 Å². The van der Waals surface area contributed by atoms with Crippen LogP contribution in [0.15, 0.2) is 24.3 Å². The summed E-state index contributed by atoms with van der Waals surface area (Å²) < 4.78 is 5.10. The fraction of sp³-hybridized carbons (Fsp3) is 0.500. The van der Waals surface area contributed by atoms with E-state index >= 15 is 0 Å². The number of benzene rings is 1. The van der Waals surface area contributed by atoms with Gasteiger partial charge in [-0.1, -0.05) is 12.1 Å². The van der Waals surface area contributed by atoms with E-state index in [4.69, 9.17) is 9.84 Å². The average Bonchev–Trinajstić information content (AvgIpc) is 2.54. The smallest absolute Gasteiger partial charge is 0.304 e. The molecule has 1 fully saturated rings. The standard InChI is InChI=1S/C16H22N2O4.ClH/c1-22-14-4-2-13(3-5-14)12-15(19)18-10-8-17(9-11-18)7-6-16(20)21;/h2-5H,6-12H2,1H3,(H,20,21);1H. The minimum atomic E-state index is -0.780. The molecule has 0 aromatic heterocycles. The summed E-state index contributed by atoms with van der Waals surface area (Å²) in [6.07, 6.45) is 0.541. The molecule has 1 saturated heterocycles. The molecule has 23 heavy (non-hydrogen) atoms. The van der Waals surface area contributed by atoms with Crippen LogP contribution < -0.4 is 4.74 Å². The lowest BCUT2D eigenvalue weighted by molar-refractivity contribution is -0.138. The lowest BCUT2D eigenvalue weighted by Crippen LogP contribution is -2.49. The summed E-state index contributed by atoms with van der Waals surface area (Å²) in [5.41, 5.74) is 0.971. The number of methoxy groups -OCH3 is 1. The fourth-order valence-corrected chi connectivity index (χ4v) is 2.50. The summed E-state index contributed by atoms with van der Waals surface area (Å²) in [4.78, 5) is 26.8. The van der Waals surface area contributed by atoms with E-state index < -0.39 is 5.97 Å². The van der Waals surface area contributed by atoms with Gasteiger partial charge in [-0.2, -0.15) is 0 Å². The average molecular weight is 343 g/mol. The first-order valence-corrected chi connectivity index (χ1v) is 7.43. The number of carbonyl (C=O) groups is 2. The molecule has 7 heteroatoms. The minimum absolute atomic E-state index is 0. The van der Waals surface area contributed by atoms with Gasteiger partial charge in [0.15, 0.2) is 0 Å². The number of hydrogen-bond acceptors (Lipinski definition) is 4. The van der Waals surface area contributed by atoms with Crippen LogP contribution in [-0.2, 0) is 16.0 Å². The molecule has 1 aromatic carbocycles. The van der Waals surface area contributed by atoms with E-state index in [1.807, 2.05) is 29.2 Å². The number of amides is 1. The zero-order valence-corrected chi connectivity index (χ0v) is 14.1. The molecular weight excluding hydrogens is 320 g/mol. The number of carbonyl (C=O) groups excluding carboxylic acids is 1. The van der Waals surface area contributed by atoms with Crippen LogP contribution in [0.25, 0.3) is 0 Å². The molecule has 1 N–H and O–H groups in total. The number of carboxylic acids is 1. The van der Waals surface area contributed by atoms with Crippen LogP contribution in [0.4, 0.5) is 0 Å². The topological polar surface area (TPSA) is 70.1 Å². The van der Waals surface area contributed by atoms with E-state index in [9.17, 15) is 9.59 Å². The number of carboxylic acid groups (broad SMARTS) is 1. The molecule has 0 atom stereocenters. The molecule has 1 amide bonds. The van der Waals surface area contributed by atoms with Crippen molar-refractivity contribution < 1.29 is 19.4 Å². The molecule has 0 aliphatic carbocycles. The van der Waals surface area contributed by atoms with E-state index in [1.165, 1.54) is 0 Å². The summed E-state index contributed by atoms with van der Waals surface area (Å²) in [6.45, 7) is 3.35. The molecule has 2 rings (SSSR count). The van der Waals surface area contributed by atoms with Gasteiger partial charge < -0.3 is 14.7 Å². The maximum Gasteiger partial charge on any atom is 0.304 e. The van der Waals surface area contributed by atoms with E-state index in [0.717, 1.165) is 24.4 Å². The molecule has 6 nitrogen and oxygen atoms in total. The van der Waals surface area contributed by atoms with Crippen LogP contribution in [0.5, 0.6) is 5.75 Å². The van der Waals surface area contributed by atoms with Gasteiger partial charge in [-0.15, -0.1) is 12.4 Å². The fourth-order valence-electron chi connectivity index (χ4n) is 2.50. The first kappa shape index (κ1) is 19.3. The first-order chi connectivity index (χ1) is 10.6. The van der Waals surface area contributed by atoms with Gasteiger partial charge in [-0.05, 0) is 17.7 Å². The number of halogens is 1. The largest absolute Gasteiger partial charge is 0.497 e. The van der Waals surface area contributed by atoms with Crippen molar-refractivity contribution in [3.05, 3.63) is 29.8 Å². The number of aliphatic carboxylic acids is 1. The molecule has 1 aliphatic rings. The second-order valence-corrected chi connectivity index (χ2v) is 5.39. The van der Waals surface area contributed by atoms with Crippen molar-refractivity contribution in [3.63, 3.8) is 0 Å². The SMILES string of the molecule is COc1ccc(CC(=O)N2CCN(CCC(=O)O)CC2)cc1.Cl. The second-order valence-electron chi connectivity index (χ2n) is 5.39. The van der Waals surface area contributed by atoms with Crippen LogP contribution in [-0.4, -0.2) is 66.6 Å². The van der Waals surface area contributed by atoms with E-state index in [0.29, 0.717) is 26.1 Å². The van der Waals surface area contributed by atoms with Gasteiger partial charge in [0.2, 0.25) is 5.91 Å². The molecule has 1 aliphatic heterocycles. The van der Waals surface area contributed by atoms with Crippen molar-refractivity contribution in [2.45, 2.75) is 12.8 Å². The Morgan fingerprint density at radius 2 is 1.74 bits per heavy atom. The number of hydrogen-bond donors (Lipinski definition) is 1. The third-order valence-electron chi connectivity index (χ3n) is 3.88. The van der Waals surface area contributed by atoms with Crippen molar-refractivity contribution in [2.75, 3.05) is 39.8 Å². The monoisotopic (exact) mass is 342 g/mol. The van der Waals surface area contributed by atoms with Crippen LogP contribution in [0, 0.1) is 0 Å². The van der Waals surface area contributed by atoms with Crippen molar-refractivity contribution in [2.24, 2.45) is 0 Å². The molecule has 0 spiro atoms. The van der Waals surface area contributed by atoms with Gasteiger partial charge in [0.25, 0.3) is 0 Å². The highest BCUT2D eigenvalue weighted by atomic mass is 35.5. The molecular formula is C16H23ClN2O4. The number of ether oxygens (including phenoxy) is 1. The summed E-state index contributed by atoms with van der Waals surface area (Å²) in [6, 6.07) is 7.51. The third kappa shape index (κ3) is 6.08. The Morgan fingerprint density at radius 1 is 1.13 bits per heavy atom. The molecule has 128 valence electrons. The van der Waals surface area contributed by atoms with Crippen LogP contribution in [0.2, 0.25) is 0 Å². The van der Waals surface area contributed by atoms with Gasteiger partial charge in [-0.3, -0.25) is 14.5 Å². The van der Waals surface area contributed by atoms with Gasteiger partial charge in [-0.25, -0.2) is 0 Å². The van der Waals surface area contributed by atoms with Gasteiger partial charge in [0, 0.05) is 32.7 Å². The summed E-state index contributed by atoms with van der Waals surface area (Å²) in [7, 11) is 1.62. The lowest BCUT2D eigenvalue weighted by Gasteiger charge is -2.34. The first-order valence-electron chi connectivity index (χ1n) is 7.43. The van der Waals surface area contributed by atoms with Crippen molar-refractivity contribution in [1.82, 2.24) is 9.80 Å². The molecule has 0 saturated carbocycles. The highest BCUT2D eigenvalue weighted by Crippen LogP contribution is 2.13. The lowest BCUT2D eigenvalue weighted by atomic mass is 10.1. The zero-order valence-electron chi connectivity index (χ0n) is 13.2. The van der Waals surface area contributed by atoms with Crippen molar-refractivity contribution in [1.29, 1.82) is 0 Å².